The van der Waals surface area contributed by atoms with E-state index in [4.69, 9.17) is 4.42 Å². The normalized spacial score (nSPS) is 10.4. The number of amides is 2. The zero-order chi connectivity index (χ0) is 23.0. The van der Waals surface area contributed by atoms with Crippen LogP contribution in [-0.4, -0.2) is 17.6 Å². The monoisotopic (exact) mass is 438 g/mol. The smallest absolute Gasteiger partial charge is 0.252 e. The van der Waals surface area contributed by atoms with Gasteiger partial charge < -0.3 is 15.1 Å². The standard InChI is InChI=1S/C27H22N2O4/c30-25(20-9-2-1-3-10-20)23-13-4-5-14-24(23)27(32)28-17-19-8-6-11-21(16-19)26(31)29-18-22-12-7-15-33-22/h1-16H,17-18H2,(H,28,32)(H,29,31). The largest absolute Gasteiger partial charge is 0.467 e. The third-order valence-electron chi connectivity index (χ3n) is 5.10. The number of hydrogen-bond acceptors (Lipinski definition) is 4. The van der Waals surface area contributed by atoms with Crippen molar-refractivity contribution in [2.45, 2.75) is 13.1 Å². The van der Waals surface area contributed by atoms with Crippen LogP contribution in [-0.2, 0) is 13.1 Å². The summed E-state index contributed by atoms with van der Waals surface area (Å²) in [5, 5.41) is 5.64. The van der Waals surface area contributed by atoms with Crippen molar-refractivity contribution in [3.63, 3.8) is 0 Å². The van der Waals surface area contributed by atoms with E-state index in [1.807, 2.05) is 12.1 Å². The van der Waals surface area contributed by atoms with Gasteiger partial charge in [0.1, 0.15) is 5.76 Å². The molecule has 0 bridgehead atoms. The maximum Gasteiger partial charge on any atom is 0.252 e. The summed E-state index contributed by atoms with van der Waals surface area (Å²) in [7, 11) is 0. The first-order valence-electron chi connectivity index (χ1n) is 10.5. The SMILES string of the molecule is O=C(NCc1ccco1)c1cccc(CNC(=O)c2ccccc2C(=O)c2ccccc2)c1. The van der Waals surface area contributed by atoms with Crippen molar-refractivity contribution in [1.29, 1.82) is 0 Å². The van der Waals surface area contributed by atoms with Gasteiger partial charge in [-0.05, 0) is 35.9 Å². The minimum atomic E-state index is -0.359. The lowest BCUT2D eigenvalue weighted by Gasteiger charge is -2.11. The molecule has 6 heteroatoms. The van der Waals surface area contributed by atoms with E-state index < -0.39 is 0 Å². The highest BCUT2D eigenvalue weighted by molar-refractivity contribution is 6.15. The number of rotatable bonds is 8. The molecular formula is C27H22N2O4. The summed E-state index contributed by atoms with van der Waals surface area (Å²) in [4.78, 5) is 38.2. The Kier molecular flexibility index (Phi) is 6.75. The molecule has 0 saturated heterocycles. The van der Waals surface area contributed by atoms with Gasteiger partial charge >= 0.3 is 0 Å². The average molecular weight is 438 g/mol. The van der Waals surface area contributed by atoms with Gasteiger partial charge in [0.05, 0.1) is 18.4 Å². The summed E-state index contributed by atoms with van der Waals surface area (Å²) in [5.74, 6) is -0.145. The van der Waals surface area contributed by atoms with Crippen LogP contribution in [0.25, 0.3) is 0 Å². The zero-order valence-electron chi connectivity index (χ0n) is 17.8. The van der Waals surface area contributed by atoms with Crippen LogP contribution in [0, 0.1) is 0 Å². The number of ketones is 1. The van der Waals surface area contributed by atoms with Crippen LogP contribution in [0.5, 0.6) is 0 Å². The first kappa shape index (κ1) is 21.8. The zero-order valence-corrected chi connectivity index (χ0v) is 17.8. The van der Waals surface area contributed by atoms with Crippen LogP contribution in [0.3, 0.4) is 0 Å². The van der Waals surface area contributed by atoms with Gasteiger partial charge in [-0.1, -0.05) is 60.7 Å². The fourth-order valence-electron chi connectivity index (χ4n) is 3.41. The molecule has 4 aromatic rings. The summed E-state index contributed by atoms with van der Waals surface area (Å²) in [5.41, 5.74) is 2.41. The summed E-state index contributed by atoms with van der Waals surface area (Å²) in [6, 6.07) is 26.1. The second kappa shape index (κ2) is 10.2. The van der Waals surface area contributed by atoms with Gasteiger partial charge in [0, 0.05) is 23.2 Å². The van der Waals surface area contributed by atoms with Gasteiger partial charge in [0.15, 0.2) is 5.78 Å². The van der Waals surface area contributed by atoms with Crippen molar-refractivity contribution >= 4 is 17.6 Å². The highest BCUT2D eigenvalue weighted by Crippen LogP contribution is 2.15. The number of nitrogens with one attached hydrogen (secondary N) is 2. The van der Waals surface area contributed by atoms with Crippen molar-refractivity contribution in [1.82, 2.24) is 10.6 Å². The maximum atomic E-state index is 12.9. The molecule has 2 N–H and O–H groups in total. The molecule has 2 amide bonds. The molecule has 0 atom stereocenters. The Morgan fingerprint density at radius 2 is 1.33 bits per heavy atom. The number of furan rings is 1. The molecule has 0 saturated carbocycles. The lowest BCUT2D eigenvalue weighted by Crippen LogP contribution is -2.26. The highest BCUT2D eigenvalue weighted by atomic mass is 16.3. The second-order valence-electron chi connectivity index (χ2n) is 7.39. The predicted molar refractivity (Wildman–Crippen MR) is 124 cm³/mol. The third kappa shape index (κ3) is 5.43. The van der Waals surface area contributed by atoms with E-state index in [-0.39, 0.29) is 24.1 Å². The highest BCUT2D eigenvalue weighted by Gasteiger charge is 2.18. The molecule has 0 fully saturated rings. The first-order chi connectivity index (χ1) is 16.1. The number of hydrogen-bond donors (Lipinski definition) is 2. The van der Waals surface area contributed by atoms with Gasteiger partial charge in [-0.25, -0.2) is 0 Å². The van der Waals surface area contributed by atoms with Crippen LogP contribution in [0.2, 0.25) is 0 Å². The number of carbonyl (C=O) groups is 3. The molecule has 6 nitrogen and oxygen atoms in total. The Morgan fingerprint density at radius 3 is 2.09 bits per heavy atom. The van der Waals surface area contributed by atoms with Crippen LogP contribution >= 0.6 is 0 Å². The van der Waals surface area contributed by atoms with E-state index in [0.717, 1.165) is 5.56 Å². The Labute approximate surface area is 191 Å². The van der Waals surface area contributed by atoms with Gasteiger partial charge in [0.2, 0.25) is 0 Å². The van der Waals surface area contributed by atoms with E-state index >= 15 is 0 Å². The lowest BCUT2D eigenvalue weighted by molar-refractivity contribution is 0.0938. The van der Waals surface area contributed by atoms with Crippen molar-refractivity contribution < 1.29 is 18.8 Å². The summed E-state index contributed by atoms with van der Waals surface area (Å²) >= 11 is 0. The van der Waals surface area contributed by atoms with Crippen LogP contribution in [0.15, 0.2) is 102 Å². The Bertz CT molecular complexity index is 1260. The summed E-state index contributed by atoms with van der Waals surface area (Å²) in [6.07, 6.45) is 1.55. The molecule has 4 rings (SSSR count). The Morgan fingerprint density at radius 1 is 0.636 bits per heavy atom. The predicted octanol–water partition coefficient (Wildman–Crippen LogP) is 4.37. The van der Waals surface area contributed by atoms with Crippen molar-refractivity contribution in [3.8, 4) is 0 Å². The number of benzene rings is 3. The Balaban J connectivity index is 1.42. The molecule has 0 aliphatic rings. The van der Waals surface area contributed by atoms with E-state index in [1.165, 1.54) is 0 Å². The van der Waals surface area contributed by atoms with Gasteiger partial charge in [0.25, 0.3) is 11.8 Å². The van der Waals surface area contributed by atoms with Crippen molar-refractivity contribution in [3.05, 3.63) is 131 Å². The van der Waals surface area contributed by atoms with Crippen molar-refractivity contribution in [2.75, 3.05) is 0 Å². The van der Waals surface area contributed by atoms with Gasteiger partial charge in [-0.3, -0.25) is 14.4 Å². The van der Waals surface area contributed by atoms with Crippen LogP contribution in [0.1, 0.15) is 48.0 Å². The van der Waals surface area contributed by atoms with E-state index in [0.29, 0.717) is 34.6 Å². The molecular weight excluding hydrogens is 416 g/mol. The quantitative estimate of drug-likeness (QED) is 0.400. The maximum absolute atomic E-state index is 12.9. The molecule has 0 unspecified atom stereocenters. The molecule has 0 aliphatic heterocycles. The first-order valence-corrected chi connectivity index (χ1v) is 10.5. The van der Waals surface area contributed by atoms with E-state index in [9.17, 15) is 14.4 Å². The molecule has 1 aromatic heterocycles. The van der Waals surface area contributed by atoms with Crippen LogP contribution in [0.4, 0.5) is 0 Å². The fourth-order valence-corrected chi connectivity index (χ4v) is 3.41. The molecule has 1 heterocycles. The Hall–Kier alpha value is -4.45. The third-order valence-corrected chi connectivity index (χ3v) is 5.10. The van der Waals surface area contributed by atoms with Gasteiger partial charge in [-0.15, -0.1) is 0 Å². The minimum Gasteiger partial charge on any atom is -0.467 e. The second-order valence-corrected chi connectivity index (χ2v) is 7.39. The lowest BCUT2D eigenvalue weighted by atomic mass is 9.98. The van der Waals surface area contributed by atoms with E-state index in [2.05, 4.69) is 10.6 Å². The fraction of sp³-hybridized carbons (Fsp3) is 0.0741. The molecule has 0 radical (unpaired) electrons. The summed E-state index contributed by atoms with van der Waals surface area (Å²) < 4.78 is 5.22. The molecule has 0 spiro atoms. The number of carbonyl (C=O) groups excluding carboxylic acids is 3. The molecule has 0 aliphatic carbocycles. The average Bonchev–Trinajstić information content (AvgIpc) is 3.40. The molecule has 33 heavy (non-hydrogen) atoms. The summed E-state index contributed by atoms with van der Waals surface area (Å²) in [6.45, 7) is 0.505. The van der Waals surface area contributed by atoms with Gasteiger partial charge in [-0.2, -0.15) is 0 Å². The topological polar surface area (TPSA) is 88.4 Å². The molecule has 3 aromatic carbocycles. The minimum absolute atomic E-state index is 0.212. The van der Waals surface area contributed by atoms with E-state index in [1.54, 1.807) is 85.1 Å². The molecule has 164 valence electrons. The van der Waals surface area contributed by atoms with Crippen molar-refractivity contribution in [2.24, 2.45) is 0 Å². The van der Waals surface area contributed by atoms with Crippen LogP contribution < -0.4 is 10.6 Å².